The van der Waals surface area contributed by atoms with Gasteiger partial charge in [-0.1, -0.05) is 17.3 Å². The molecule has 10 heteroatoms. The molecule has 154 valence electrons. The molecule has 2 amide bonds. The molecule has 0 spiro atoms. The van der Waals surface area contributed by atoms with E-state index in [1.807, 2.05) is 12.3 Å². The zero-order valence-corrected chi connectivity index (χ0v) is 16.7. The zero-order valence-electron chi connectivity index (χ0n) is 15.9. The van der Waals surface area contributed by atoms with Crippen molar-refractivity contribution in [1.29, 1.82) is 0 Å². The van der Waals surface area contributed by atoms with Crippen molar-refractivity contribution >= 4 is 22.5 Å². The highest BCUT2D eigenvalue weighted by atomic mass is 32.1. The van der Waals surface area contributed by atoms with Gasteiger partial charge in [-0.3, -0.25) is 5.32 Å². The molecule has 2 heterocycles. The Balaban J connectivity index is 1.39. The molecule has 8 nitrogen and oxygen atoms in total. The molecule has 0 saturated carbocycles. The van der Waals surface area contributed by atoms with Crippen LogP contribution < -0.4 is 16.0 Å². The number of aliphatic hydroxyl groups is 1. The van der Waals surface area contributed by atoms with Crippen molar-refractivity contribution in [2.24, 2.45) is 0 Å². The Morgan fingerprint density at radius 2 is 2.21 bits per heavy atom. The van der Waals surface area contributed by atoms with Gasteiger partial charge >= 0.3 is 6.03 Å². The number of carbonyl (C=O) groups excluding carboxylic acids is 1. The number of carbonyl (C=O) groups is 1. The van der Waals surface area contributed by atoms with Gasteiger partial charge in [-0.2, -0.15) is 0 Å². The molecule has 0 atom stereocenters. The van der Waals surface area contributed by atoms with E-state index in [2.05, 4.69) is 26.1 Å². The number of amides is 2. The number of hydrogen-bond acceptors (Lipinski definition) is 7. The van der Waals surface area contributed by atoms with E-state index >= 15 is 0 Å². The highest BCUT2D eigenvalue weighted by molar-refractivity contribution is 7.13. The third-order valence-electron chi connectivity index (χ3n) is 4.19. The highest BCUT2D eigenvalue weighted by Crippen LogP contribution is 2.16. The van der Waals surface area contributed by atoms with Crippen LogP contribution in [0.4, 0.5) is 14.3 Å². The standard InChI is InChI=1S/C19H22FN5O3S/c1-12-16(17(10-26)25-28-12)5-6-21-9-15-11-29-19(23-15)24-18(27)22-8-13-3-2-4-14(20)7-13/h2-4,7,11,21,26H,5-6,8-10H2,1H3,(H2,22,23,24,27). The fourth-order valence-corrected chi connectivity index (χ4v) is 3.43. The summed E-state index contributed by atoms with van der Waals surface area (Å²) in [7, 11) is 0. The lowest BCUT2D eigenvalue weighted by Crippen LogP contribution is -2.28. The summed E-state index contributed by atoms with van der Waals surface area (Å²) in [5.41, 5.74) is 2.96. The quantitative estimate of drug-likeness (QED) is 0.397. The van der Waals surface area contributed by atoms with Crippen LogP contribution in [0, 0.1) is 12.7 Å². The summed E-state index contributed by atoms with van der Waals surface area (Å²) in [5, 5.41) is 24.0. The second-order valence-electron chi connectivity index (χ2n) is 6.33. The first-order valence-corrected chi connectivity index (χ1v) is 9.92. The minimum absolute atomic E-state index is 0.144. The molecule has 0 aliphatic carbocycles. The van der Waals surface area contributed by atoms with Crippen molar-refractivity contribution in [2.75, 3.05) is 11.9 Å². The molecule has 0 saturated heterocycles. The van der Waals surface area contributed by atoms with Crippen LogP contribution in [0.5, 0.6) is 0 Å². The lowest BCUT2D eigenvalue weighted by Gasteiger charge is -2.05. The second kappa shape index (κ2) is 10.1. The van der Waals surface area contributed by atoms with E-state index in [4.69, 9.17) is 4.52 Å². The number of aromatic nitrogens is 2. The first kappa shape index (κ1) is 20.9. The van der Waals surface area contributed by atoms with Gasteiger partial charge in [0.25, 0.3) is 0 Å². The Morgan fingerprint density at radius 3 is 3.00 bits per heavy atom. The number of hydrogen-bond donors (Lipinski definition) is 4. The van der Waals surface area contributed by atoms with Crippen LogP contribution >= 0.6 is 11.3 Å². The monoisotopic (exact) mass is 419 g/mol. The number of anilines is 1. The van der Waals surface area contributed by atoms with Crippen LogP contribution in [0.25, 0.3) is 0 Å². The molecule has 0 radical (unpaired) electrons. The Labute approximate surface area is 171 Å². The van der Waals surface area contributed by atoms with E-state index in [0.29, 0.717) is 41.7 Å². The van der Waals surface area contributed by atoms with E-state index in [9.17, 15) is 14.3 Å². The molecule has 0 aliphatic heterocycles. The van der Waals surface area contributed by atoms with Gasteiger partial charge in [-0.15, -0.1) is 11.3 Å². The van der Waals surface area contributed by atoms with Gasteiger partial charge < -0.3 is 20.3 Å². The molecular formula is C19H22FN5O3S. The van der Waals surface area contributed by atoms with E-state index in [0.717, 1.165) is 11.3 Å². The van der Waals surface area contributed by atoms with Crippen molar-refractivity contribution in [2.45, 2.75) is 33.0 Å². The smallest absolute Gasteiger partial charge is 0.321 e. The number of nitrogens with zero attached hydrogens (tertiary/aromatic N) is 2. The van der Waals surface area contributed by atoms with Gasteiger partial charge in [0.2, 0.25) is 0 Å². The summed E-state index contributed by atoms with van der Waals surface area (Å²) < 4.78 is 18.2. The second-order valence-corrected chi connectivity index (χ2v) is 7.19. The average molecular weight is 419 g/mol. The van der Waals surface area contributed by atoms with Gasteiger partial charge in [-0.05, 0) is 37.6 Å². The van der Waals surface area contributed by atoms with E-state index < -0.39 is 6.03 Å². The molecule has 4 N–H and O–H groups in total. The SMILES string of the molecule is Cc1onc(CO)c1CCNCc1csc(NC(=O)NCc2cccc(F)c2)n1. The van der Waals surface area contributed by atoms with Crippen LogP contribution in [0.3, 0.4) is 0 Å². The maximum Gasteiger partial charge on any atom is 0.321 e. The summed E-state index contributed by atoms with van der Waals surface area (Å²) in [6.45, 7) is 3.11. The third-order valence-corrected chi connectivity index (χ3v) is 4.99. The van der Waals surface area contributed by atoms with Crippen molar-refractivity contribution in [3.8, 4) is 0 Å². The first-order valence-electron chi connectivity index (χ1n) is 9.04. The van der Waals surface area contributed by atoms with Gasteiger partial charge in [0.1, 0.15) is 17.3 Å². The van der Waals surface area contributed by atoms with Crippen LogP contribution in [0.1, 0.15) is 28.3 Å². The Hall–Kier alpha value is -2.82. The molecule has 0 fully saturated rings. The minimum atomic E-state index is -0.400. The normalized spacial score (nSPS) is 10.9. The number of aryl methyl sites for hydroxylation is 1. The predicted molar refractivity (Wildman–Crippen MR) is 107 cm³/mol. The molecule has 2 aromatic heterocycles. The van der Waals surface area contributed by atoms with Crippen molar-refractivity contribution in [1.82, 2.24) is 20.8 Å². The molecular weight excluding hydrogens is 397 g/mol. The molecule has 3 rings (SSSR count). The zero-order chi connectivity index (χ0) is 20.6. The number of aliphatic hydroxyl groups excluding tert-OH is 1. The summed E-state index contributed by atoms with van der Waals surface area (Å²) in [6.07, 6.45) is 0.683. The molecule has 3 aromatic rings. The van der Waals surface area contributed by atoms with Crippen molar-refractivity contribution < 1.29 is 18.8 Å². The summed E-state index contributed by atoms with van der Waals surface area (Å²) in [4.78, 5) is 16.3. The number of nitrogens with one attached hydrogen (secondary N) is 3. The van der Waals surface area contributed by atoms with Gasteiger partial charge in [-0.25, -0.2) is 14.2 Å². The van der Waals surface area contributed by atoms with Crippen LogP contribution in [-0.4, -0.2) is 27.8 Å². The van der Waals surface area contributed by atoms with E-state index in [1.165, 1.54) is 23.5 Å². The summed E-state index contributed by atoms with van der Waals surface area (Å²) in [5.74, 6) is 0.369. The topological polar surface area (TPSA) is 112 Å². The largest absolute Gasteiger partial charge is 0.390 e. The lowest BCUT2D eigenvalue weighted by molar-refractivity contribution is 0.251. The predicted octanol–water partition coefficient (Wildman–Crippen LogP) is 2.72. The maximum absolute atomic E-state index is 13.1. The van der Waals surface area contributed by atoms with Crippen LogP contribution in [0.15, 0.2) is 34.2 Å². The fraction of sp³-hybridized carbons (Fsp3) is 0.316. The molecule has 0 unspecified atom stereocenters. The van der Waals surface area contributed by atoms with Gasteiger partial charge in [0.05, 0.1) is 12.3 Å². The molecule has 0 bridgehead atoms. The number of benzene rings is 1. The van der Waals surface area contributed by atoms with Gasteiger partial charge in [0, 0.05) is 24.0 Å². The number of thiazole rings is 1. The number of halogens is 1. The molecule has 0 aliphatic rings. The van der Waals surface area contributed by atoms with E-state index in [1.54, 1.807) is 12.1 Å². The summed E-state index contributed by atoms with van der Waals surface area (Å²) in [6, 6.07) is 5.66. The fourth-order valence-electron chi connectivity index (χ4n) is 2.73. The summed E-state index contributed by atoms with van der Waals surface area (Å²) >= 11 is 1.33. The van der Waals surface area contributed by atoms with Crippen LogP contribution in [-0.2, 0) is 26.1 Å². The third kappa shape index (κ3) is 6.08. The first-order chi connectivity index (χ1) is 14.0. The average Bonchev–Trinajstić information content (AvgIpc) is 3.30. The van der Waals surface area contributed by atoms with E-state index in [-0.39, 0.29) is 19.0 Å². The Kier molecular flexibility index (Phi) is 7.28. The highest BCUT2D eigenvalue weighted by Gasteiger charge is 2.11. The lowest BCUT2D eigenvalue weighted by atomic mass is 10.1. The van der Waals surface area contributed by atoms with Crippen molar-refractivity contribution in [3.63, 3.8) is 0 Å². The number of rotatable bonds is 9. The Bertz CT molecular complexity index is 959. The maximum atomic E-state index is 13.1. The van der Waals surface area contributed by atoms with Gasteiger partial charge in [0.15, 0.2) is 5.13 Å². The molecule has 29 heavy (non-hydrogen) atoms. The van der Waals surface area contributed by atoms with Crippen molar-refractivity contribution in [3.05, 3.63) is 63.7 Å². The van der Waals surface area contributed by atoms with Crippen LogP contribution in [0.2, 0.25) is 0 Å². The minimum Gasteiger partial charge on any atom is -0.390 e. The number of urea groups is 1. The molecule has 1 aromatic carbocycles. The Morgan fingerprint density at radius 1 is 1.34 bits per heavy atom.